The summed E-state index contributed by atoms with van der Waals surface area (Å²) in [7, 11) is 3.41. The molecule has 3 aromatic rings. The lowest BCUT2D eigenvalue weighted by molar-refractivity contribution is 0.149. The molecular formula is C28H26O4. The lowest BCUT2D eigenvalue weighted by atomic mass is 9.79. The molecule has 2 unspecified atom stereocenters. The van der Waals surface area contributed by atoms with Crippen molar-refractivity contribution in [3.63, 3.8) is 0 Å². The quantitative estimate of drug-likeness (QED) is 0.530. The Labute approximate surface area is 188 Å². The smallest absolute Gasteiger partial charge is 0.185 e. The van der Waals surface area contributed by atoms with Crippen LogP contribution in [0.25, 0.3) is 5.57 Å². The van der Waals surface area contributed by atoms with E-state index in [2.05, 4.69) is 37.3 Å². The normalized spacial score (nSPS) is 21.9. The third-order valence-corrected chi connectivity index (χ3v) is 6.99. The molecule has 0 spiro atoms. The minimum atomic E-state index is -0.882. The van der Waals surface area contributed by atoms with Gasteiger partial charge >= 0.3 is 0 Å². The van der Waals surface area contributed by atoms with Crippen molar-refractivity contribution in [3.8, 4) is 17.2 Å². The van der Waals surface area contributed by atoms with Crippen LogP contribution in [0, 0.1) is 0 Å². The van der Waals surface area contributed by atoms with E-state index in [0.29, 0.717) is 12.2 Å². The lowest BCUT2D eigenvalue weighted by Crippen LogP contribution is -2.36. The molecule has 0 saturated carbocycles. The van der Waals surface area contributed by atoms with E-state index in [0.717, 1.165) is 46.8 Å². The van der Waals surface area contributed by atoms with Crippen LogP contribution in [0.15, 0.2) is 66.7 Å². The van der Waals surface area contributed by atoms with Crippen LogP contribution in [0.5, 0.6) is 17.2 Å². The van der Waals surface area contributed by atoms with Gasteiger partial charge in [-0.1, -0.05) is 48.5 Å². The van der Waals surface area contributed by atoms with Crippen LogP contribution < -0.4 is 14.2 Å². The predicted molar refractivity (Wildman–Crippen MR) is 124 cm³/mol. The van der Waals surface area contributed by atoms with Crippen molar-refractivity contribution in [3.05, 3.63) is 94.6 Å². The van der Waals surface area contributed by atoms with Gasteiger partial charge in [-0.25, -0.2) is 0 Å². The molecule has 0 bridgehead atoms. The van der Waals surface area contributed by atoms with Gasteiger partial charge in [0.25, 0.3) is 0 Å². The zero-order valence-electron chi connectivity index (χ0n) is 18.6. The third kappa shape index (κ3) is 2.79. The monoisotopic (exact) mass is 426 g/mol. The standard InChI is InChI=1S/C28H26O4/c1-17-16-28(21-8-4-6-10-23(21)29-2,22-9-5-7-11-24(22)30-3)32-27-19(17)13-12-18-14-25-26(31-25)15-20(18)27/h4-13,16,25-26H,14-15H2,1-3H3. The number of hydrogen-bond acceptors (Lipinski definition) is 4. The Hall–Kier alpha value is -3.24. The fourth-order valence-electron chi connectivity index (χ4n) is 5.35. The molecule has 3 aromatic carbocycles. The number of para-hydroxylation sites is 2. The van der Waals surface area contributed by atoms with Crippen LogP contribution >= 0.6 is 0 Å². The minimum absolute atomic E-state index is 0.315. The van der Waals surface area contributed by atoms with Crippen molar-refractivity contribution in [1.82, 2.24) is 0 Å². The van der Waals surface area contributed by atoms with Crippen molar-refractivity contribution in [2.24, 2.45) is 0 Å². The molecule has 0 aromatic heterocycles. The zero-order valence-corrected chi connectivity index (χ0v) is 18.6. The highest BCUT2D eigenvalue weighted by molar-refractivity contribution is 5.77. The molecule has 2 atom stereocenters. The van der Waals surface area contributed by atoms with Gasteiger partial charge in [0, 0.05) is 35.1 Å². The van der Waals surface area contributed by atoms with Crippen LogP contribution in [-0.4, -0.2) is 26.4 Å². The molecule has 6 rings (SSSR count). The summed E-state index contributed by atoms with van der Waals surface area (Å²) in [5.74, 6) is 2.51. The SMILES string of the molecule is COc1ccccc1C1(c2ccccc2OC)C=C(C)c2ccc3c(c2O1)CC1OC1C3. The molecule has 1 saturated heterocycles. The molecule has 32 heavy (non-hydrogen) atoms. The predicted octanol–water partition coefficient (Wildman–Crippen LogP) is 5.31. The Bertz CT molecular complexity index is 1190. The minimum Gasteiger partial charge on any atom is -0.496 e. The first-order valence-corrected chi connectivity index (χ1v) is 11.1. The summed E-state index contributed by atoms with van der Waals surface area (Å²) in [6.45, 7) is 2.16. The topological polar surface area (TPSA) is 40.2 Å². The second-order valence-corrected chi connectivity index (χ2v) is 8.77. The summed E-state index contributed by atoms with van der Waals surface area (Å²) < 4.78 is 24.6. The molecule has 0 radical (unpaired) electrons. The number of benzene rings is 3. The Kier molecular flexibility index (Phi) is 4.34. The van der Waals surface area contributed by atoms with E-state index in [1.165, 1.54) is 16.7 Å². The molecule has 1 fully saturated rings. The summed E-state index contributed by atoms with van der Waals surface area (Å²) in [5, 5.41) is 0. The van der Waals surface area contributed by atoms with Gasteiger partial charge in [-0.2, -0.15) is 0 Å². The highest BCUT2D eigenvalue weighted by atomic mass is 16.6. The molecule has 162 valence electrons. The third-order valence-electron chi connectivity index (χ3n) is 6.99. The Morgan fingerprint density at radius 3 is 2.09 bits per heavy atom. The van der Waals surface area contributed by atoms with E-state index in [4.69, 9.17) is 18.9 Å². The number of rotatable bonds is 4. The van der Waals surface area contributed by atoms with Crippen LogP contribution in [0.2, 0.25) is 0 Å². The maximum Gasteiger partial charge on any atom is 0.185 e. The Balaban J connectivity index is 1.63. The average molecular weight is 427 g/mol. The summed E-state index contributed by atoms with van der Waals surface area (Å²) in [5.41, 5.74) is 5.92. The van der Waals surface area contributed by atoms with Crippen LogP contribution in [0.3, 0.4) is 0 Å². The average Bonchev–Trinajstić information content (AvgIpc) is 3.60. The molecule has 2 heterocycles. The van der Waals surface area contributed by atoms with Gasteiger partial charge in [-0.15, -0.1) is 0 Å². The first-order chi connectivity index (χ1) is 15.6. The molecule has 0 amide bonds. The fourth-order valence-corrected chi connectivity index (χ4v) is 5.35. The summed E-state index contributed by atoms with van der Waals surface area (Å²) in [4.78, 5) is 0. The second kappa shape index (κ2) is 7.14. The van der Waals surface area contributed by atoms with Crippen LogP contribution in [0.4, 0.5) is 0 Å². The second-order valence-electron chi connectivity index (χ2n) is 8.77. The Morgan fingerprint density at radius 2 is 1.44 bits per heavy atom. The maximum atomic E-state index is 7.12. The van der Waals surface area contributed by atoms with Gasteiger partial charge in [-0.3, -0.25) is 0 Å². The van der Waals surface area contributed by atoms with Crippen LogP contribution in [0.1, 0.15) is 34.7 Å². The highest BCUT2D eigenvalue weighted by Gasteiger charge is 2.47. The highest BCUT2D eigenvalue weighted by Crippen LogP contribution is 2.52. The van der Waals surface area contributed by atoms with E-state index < -0.39 is 5.60 Å². The van der Waals surface area contributed by atoms with Gasteiger partial charge in [0.1, 0.15) is 17.2 Å². The molecule has 2 aliphatic heterocycles. The Morgan fingerprint density at radius 1 is 0.812 bits per heavy atom. The molecule has 1 aliphatic carbocycles. The number of ether oxygens (including phenoxy) is 4. The fraction of sp³-hybridized carbons (Fsp3) is 0.286. The number of allylic oxidation sites excluding steroid dienone is 1. The number of hydrogen-bond donors (Lipinski definition) is 0. The van der Waals surface area contributed by atoms with Gasteiger partial charge in [0.15, 0.2) is 5.60 Å². The van der Waals surface area contributed by atoms with E-state index in [-0.39, 0.29) is 0 Å². The summed E-state index contributed by atoms with van der Waals surface area (Å²) >= 11 is 0. The van der Waals surface area contributed by atoms with E-state index >= 15 is 0 Å². The van der Waals surface area contributed by atoms with Gasteiger partial charge < -0.3 is 18.9 Å². The van der Waals surface area contributed by atoms with Crippen molar-refractivity contribution in [2.45, 2.75) is 37.6 Å². The van der Waals surface area contributed by atoms with Crippen molar-refractivity contribution < 1.29 is 18.9 Å². The molecule has 0 N–H and O–H groups in total. The number of methoxy groups -OCH3 is 2. The summed E-state index contributed by atoms with van der Waals surface area (Å²) in [6.07, 6.45) is 4.74. The van der Waals surface area contributed by atoms with Gasteiger partial charge in [0.2, 0.25) is 0 Å². The van der Waals surface area contributed by atoms with E-state index in [1.54, 1.807) is 14.2 Å². The first kappa shape index (κ1) is 19.4. The molecule has 3 aliphatic rings. The first-order valence-electron chi connectivity index (χ1n) is 11.1. The van der Waals surface area contributed by atoms with Gasteiger partial charge in [0.05, 0.1) is 26.4 Å². The van der Waals surface area contributed by atoms with Crippen LogP contribution in [-0.2, 0) is 23.2 Å². The molecular weight excluding hydrogens is 400 g/mol. The molecule has 4 heteroatoms. The van der Waals surface area contributed by atoms with E-state index in [1.807, 2.05) is 36.4 Å². The number of fused-ring (bicyclic) bond motifs is 4. The largest absolute Gasteiger partial charge is 0.496 e. The summed E-state index contributed by atoms with van der Waals surface area (Å²) in [6, 6.07) is 20.6. The lowest BCUT2D eigenvalue weighted by Gasteiger charge is -2.40. The zero-order chi connectivity index (χ0) is 21.9. The maximum absolute atomic E-state index is 7.12. The van der Waals surface area contributed by atoms with Gasteiger partial charge in [-0.05, 0) is 36.3 Å². The molecule has 4 nitrogen and oxygen atoms in total. The van der Waals surface area contributed by atoms with Crippen molar-refractivity contribution in [1.29, 1.82) is 0 Å². The number of epoxide rings is 1. The van der Waals surface area contributed by atoms with Crippen molar-refractivity contribution >= 4 is 5.57 Å². The van der Waals surface area contributed by atoms with E-state index in [9.17, 15) is 0 Å². The van der Waals surface area contributed by atoms with Crippen molar-refractivity contribution in [2.75, 3.05) is 14.2 Å².